The lowest BCUT2D eigenvalue weighted by Gasteiger charge is -2.11. The highest BCUT2D eigenvalue weighted by Crippen LogP contribution is 2.18. The van der Waals surface area contributed by atoms with Crippen molar-refractivity contribution in [3.63, 3.8) is 0 Å². The predicted molar refractivity (Wildman–Crippen MR) is 167 cm³/mol. The molecule has 1 unspecified atom stereocenters. The molecule has 0 saturated heterocycles. The molecular formula is C35H64O4. The summed E-state index contributed by atoms with van der Waals surface area (Å²) in [6.07, 6.45) is 38.5. The molecule has 0 saturated carbocycles. The first-order chi connectivity index (χ1) is 19.1. The second-order valence-corrected chi connectivity index (χ2v) is 11.5. The lowest BCUT2D eigenvalue weighted by Crippen LogP contribution is -2.19. The molecule has 0 amide bonds. The zero-order valence-corrected chi connectivity index (χ0v) is 25.8. The van der Waals surface area contributed by atoms with Gasteiger partial charge >= 0.3 is 11.9 Å². The minimum absolute atomic E-state index is 0.0417. The van der Waals surface area contributed by atoms with E-state index in [4.69, 9.17) is 4.74 Å². The van der Waals surface area contributed by atoms with Gasteiger partial charge in [0.05, 0.1) is 12.3 Å². The number of carbonyl (C=O) groups is 2. The molecule has 228 valence electrons. The second kappa shape index (κ2) is 31.0. The Hall–Kier alpha value is -1.58. The molecule has 4 heteroatoms. The third kappa shape index (κ3) is 29.2. The first-order valence-electron chi connectivity index (χ1n) is 16.8. The number of hydrogen-bond acceptors (Lipinski definition) is 3. The first-order valence-corrected chi connectivity index (χ1v) is 16.8. The van der Waals surface area contributed by atoms with Crippen LogP contribution in [0.1, 0.15) is 174 Å². The summed E-state index contributed by atoms with van der Waals surface area (Å²) in [6, 6.07) is 0. The number of unbranched alkanes of at least 4 members (excludes halogenated alkanes) is 22. The molecule has 0 spiro atoms. The Balaban J connectivity index is 3.32. The molecule has 1 atom stereocenters. The van der Waals surface area contributed by atoms with E-state index in [0.717, 1.165) is 19.3 Å². The Morgan fingerprint density at radius 1 is 0.641 bits per heavy atom. The summed E-state index contributed by atoms with van der Waals surface area (Å²) in [7, 11) is 0. The number of allylic oxidation sites excluding steroid dienone is 2. The van der Waals surface area contributed by atoms with Gasteiger partial charge in [0.15, 0.2) is 0 Å². The number of ether oxygens (including phenoxy) is 1. The van der Waals surface area contributed by atoms with E-state index in [-0.39, 0.29) is 13.0 Å². The van der Waals surface area contributed by atoms with Crippen molar-refractivity contribution in [2.45, 2.75) is 174 Å². The molecule has 0 aliphatic rings. The van der Waals surface area contributed by atoms with Crippen LogP contribution >= 0.6 is 0 Å². The van der Waals surface area contributed by atoms with Crippen LogP contribution in [0.5, 0.6) is 0 Å². The van der Waals surface area contributed by atoms with Gasteiger partial charge in [-0.15, -0.1) is 0 Å². The lowest BCUT2D eigenvalue weighted by molar-refractivity contribution is -0.151. The van der Waals surface area contributed by atoms with Gasteiger partial charge in [-0.2, -0.15) is 0 Å². The van der Waals surface area contributed by atoms with Crippen LogP contribution in [0.4, 0.5) is 0 Å². The number of aliphatic carboxylic acids is 1. The fourth-order valence-electron chi connectivity index (χ4n) is 5.13. The van der Waals surface area contributed by atoms with Gasteiger partial charge in [0.25, 0.3) is 0 Å². The quantitative estimate of drug-likeness (QED) is 0.0531. The summed E-state index contributed by atoms with van der Waals surface area (Å²) in [5.74, 6) is -1.98. The maximum atomic E-state index is 11.6. The number of hydrogen-bond donors (Lipinski definition) is 1. The summed E-state index contributed by atoms with van der Waals surface area (Å²) >= 11 is 0. The number of rotatable bonds is 31. The normalized spacial score (nSPS) is 12.1. The minimum atomic E-state index is -0.901. The summed E-state index contributed by atoms with van der Waals surface area (Å²) in [6.45, 7) is 5.92. The zero-order chi connectivity index (χ0) is 28.7. The molecule has 0 aromatic carbocycles. The first kappa shape index (κ1) is 37.4. The molecule has 1 N–H and O–H groups in total. The topological polar surface area (TPSA) is 63.6 Å². The minimum Gasteiger partial charge on any atom is -0.481 e. The SMILES string of the molecule is C=CCOC(=O)CC(CCCCCCCCCCCCCCCC/C=C/CCCCCCCCCC)C(=O)O. The van der Waals surface area contributed by atoms with Crippen LogP contribution in [0.15, 0.2) is 24.8 Å². The van der Waals surface area contributed by atoms with Crippen LogP contribution in [0.3, 0.4) is 0 Å². The van der Waals surface area contributed by atoms with Gasteiger partial charge in [0.2, 0.25) is 0 Å². The monoisotopic (exact) mass is 548 g/mol. The summed E-state index contributed by atoms with van der Waals surface area (Å²) in [4.78, 5) is 23.0. The van der Waals surface area contributed by atoms with Crippen molar-refractivity contribution in [3.8, 4) is 0 Å². The van der Waals surface area contributed by atoms with Gasteiger partial charge < -0.3 is 9.84 Å². The van der Waals surface area contributed by atoms with Crippen LogP contribution in [0.25, 0.3) is 0 Å². The van der Waals surface area contributed by atoms with E-state index in [9.17, 15) is 14.7 Å². The van der Waals surface area contributed by atoms with Crippen molar-refractivity contribution in [3.05, 3.63) is 24.8 Å². The summed E-state index contributed by atoms with van der Waals surface area (Å²) in [5, 5.41) is 9.31. The smallest absolute Gasteiger partial charge is 0.307 e. The fourth-order valence-corrected chi connectivity index (χ4v) is 5.13. The Bertz CT molecular complexity index is 583. The highest BCUT2D eigenvalue weighted by molar-refractivity contribution is 5.78. The number of carbonyl (C=O) groups excluding carboxylic acids is 1. The van der Waals surface area contributed by atoms with E-state index in [2.05, 4.69) is 25.7 Å². The van der Waals surface area contributed by atoms with Crippen LogP contribution in [0.2, 0.25) is 0 Å². The van der Waals surface area contributed by atoms with Crippen LogP contribution in [-0.2, 0) is 14.3 Å². The van der Waals surface area contributed by atoms with Crippen molar-refractivity contribution in [1.29, 1.82) is 0 Å². The molecule has 0 bridgehead atoms. The number of esters is 1. The molecule has 0 aliphatic carbocycles. The highest BCUT2D eigenvalue weighted by atomic mass is 16.5. The van der Waals surface area contributed by atoms with E-state index in [1.54, 1.807) is 0 Å². The van der Waals surface area contributed by atoms with Gasteiger partial charge in [-0.1, -0.05) is 160 Å². The van der Waals surface area contributed by atoms with Gasteiger partial charge in [0.1, 0.15) is 6.61 Å². The summed E-state index contributed by atoms with van der Waals surface area (Å²) in [5.41, 5.74) is 0. The van der Waals surface area contributed by atoms with Gasteiger partial charge in [0, 0.05) is 0 Å². The fraction of sp³-hybridized carbons (Fsp3) is 0.829. The van der Waals surface area contributed by atoms with Crippen molar-refractivity contribution in [2.24, 2.45) is 5.92 Å². The van der Waals surface area contributed by atoms with Crippen molar-refractivity contribution in [2.75, 3.05) is 6.61 Å². The standard InChI is InChI=1S/C35H64O4/c1-3-5-6-7-8-9-10-11-12-13-14-15-16-17-18-19-20-21-22-23-24-25-26-27-28-29-30-33(35(37)38)32-34(36)39-31-4-2/h4,13-14,33H,2-3,5-12,15-32H2,1H3,(H,37,38)/b14-13+. The van der Waals surface area contributed by atoms with Crippen LogP contribution < -0.4 is 0 Å². The molecule has 39 heavy (non-hydrogen) atoms. The van der Waals surface area contributed by atoms with Gasteiger partial charge in [-0.05, 0) is 32.1 Å². The Kier molecular flexibility index (Phi) is 29.7. The maximum absolute atomic E-state index is 11.6. The maximum Gasteiger partial charge on any atom is 0.307 e. The molecule has 0 aromatic rings. The summed E-state index contributed by atoms with van der Waals surface area (Å²) < 4.78 is 4.91. The second-order valence-electron chi connectivity index (χ2n) is 11.5. The van der Waals surface area contributed by atoms with Gasteiger partial charge in [-0.3, -0.25) is 9.59 Å². The molecule has 0 fully saturated rings. The Morgan fingerprint density at radius 3 is 1.41 bits per heavy atom. The van der Waals surface area contributed by atoms with Crippen molar-refractivity contribution >= 4 is 11.9 Å². The molecule has 4 nitrogen and oxygen atoms in total. The van der Waals surface area contributed by atoms with Gasteiger partial charge in [-0.25, -0.2) is 0 Å². The van der Waals surface area contributed by atoms with E-state index in [1.807, 2.05) is 0 Å². The third-order valence-corrected chi connectivity index (χ3v) is 7.69. The molecule has 0 rings (SSSR count). The third-order valence-electron chi connectivity index (χ3n) is 7.69. The van der Waals surface area contributed by atoms with Crippen LogP contribution in [0, 0.1) is 5.92 Å². The van der Waals surface area contributed by atoms with Crippen molar-refractivity contribution < 1.29 is 19.4 Å². The molecule has 0 aliphatic heterocycles. The largest absolute Gasteiger partial charge is 0.481 e. The number of carboxylic acid groups (broad SMARTS) is 1. The zero-order valence-electron chi connectivity index (χ0n) is 25.8. The average molecular weight is 549 g/mol. The molecule has 0 heterocycles. The lowest BCUT2D eigenvalue weighted by atomic mass is 9.97. The average Bonchev–Trinajstić information content (AvgIpc) is 2.93. The van der Waals surface area contributed by atoms with E-state index >= 15 is 0 Å². The van der Waals surface area contributed by atoms with E-state index in [0.29, 0.717) is 6.42 Å². The van der Waals surface area contributed by atoms with E-state index in [1.165, 1.54) is 141 Å². The highest BCUT2D eigenvalue weighted by Gasteiger charge is 2.21. The van der Waals surface area contributed by atoms with E-state index < -0.39 is 17.9 Å². The molecule has 0 aromatic heterocycles. The molecule has 0 radical (unpaired) electrons. The van der Waals surface area contributed by atoms with Crippen LogP contribution in [-0.4, -0.2) is 23.7 Å². The van der Waals surface area contributed by atoms with Crippen molar-refractivity contribution in [1.82, 2.24) is 0 Å². The Labute approximate surface area is 242 Å². The number of carboxylic acids is 1. The Morgan fingerprint density at radius 2 is 1.03 bits per heavy atom. The molecular weight excluding hydrogens is 484 g/mol. The predicted octanol–water partition coefficient (Wildman–Crippen LogP) is 11.1.